The molecule has 2 heterocycles. The first kappa shape index (κ1) is 19.6. The lowest BCUT2D eigenvalue weighted by atomic mass is 10.2. The van der Waals surface area contributed by atoms with Crippen molar-refractivity contribution in [2.75, 3.05) is 18.4 Å². The molecule has 0 saturated carbocycles. The number of para-hydroxylation sites is 1. The van der Waals surface area contributed by atoms with Crippen molar-refractivity contribution in [3.05, 3.63) is 71.9 Å². The first-order valence-corrected chi connectivity index (χ1v) is 10.2. The number of nitrogens with zero attached hydrogens (tertiary/aromatic N) is 4. The molecule has 4 rings (SSSR count). The monoisotopic (exact) mass is 397 g/mol. The van der Waals surface area contributed by atoms with Crippen molar-refractivity contribution >= 4 is 17.4 Å². The van der Waals surface area contributed by atoms with Crippen molar-refractivity contribution < 1.29 is 4.79 Å². The predicted octanol–water partition coefficient (Wildman–Crippen LogP) is 4.78. The van der Waals surface area contributed by atoms with Gasteiger partial charge in [-0.15, -0.1) is 0 Å². The van der Waals surface area contributed by atoms with Gasteiger partial charge in [0, 0.05) is 24.7 Å². The van der Waals surface area contributed by atoms with Crippen LogP contribution < -0.4 is 5.32 Å². The van der Waals surface area contributed by atoms with Crippen LogP contribution in [0, 0.1) is 11.3 Å². The Morgan fingerprint density at radius 1 is 0.933 bits per heavy atom. The minimum atomic E-state index is -0.0758. The molecule has 1 N–H and O–H groups in total. The van der Waals surface area contributed by atoms with Gasteiger partial charge in [-0.3, -0.25) is 4.79 Å². The van der Waals surface area contributed by atoms with Crippen molar-refractivity contribution in [1.82, 2.24) is 14.9 Å². The minimum Gasteiger partial charge on any atom is -0.339 e. The maximum atomic E-state index is 13.2. The molecule has 6 nitrogen and oxygen atoms in total. The fraction of sp³-hybridized carbons (Fsp3) is 0.250. The van der Waals surface area contributed by atoms with Crippen LogP contribution in [0.2, 0.25) is 0 Å². The molecule has 0 aliphatic carbocycles. The van der Waals surface area contributed by atoms with Gasteiger partial charge in [-0.1, -0.05) is 55.3 Å². The van der Waals surface area contributed by atoms with E-state index >= 15 is 0 Å². The lowest BCUT2D eigenvalue weighted by molar-refractivity contribution is 0.0756. The van der Waals surface area contributed by atoms with E-state index in [0.29, 0.717) is 28.6 Å². The molecule has 150 valence electrons. The molecule has 30 heavy (non-hydrogen) atoms. The molecule has 3 aromatic rings. The van der Waals surface area contributed by atoms with Gasteiger partial charge in [-0.05, 0) is 25.0 Å². The smallest absolute Gasteiger partial charge is 0.272 e. The van der Waals surface area contributed by atoms with Gasteiger partial charge in [0.2, 0.25) is 0 Å². The number of likely N-dealkylation sites (tertiary alicyclic amines) is 1. The Hall–Kier alpha value is -3.72. The Kier molecular flexibility index (Phi) is 6.00. The van der Waals surface area contributed by atoms with Crippen molar-refractivity contribution in [1.29, 1.82) is 5.26 Å². The van der Waals surface area contributed by atoms with Crippen LogP contribution in [-0.2, 0) is 0 Å². The van der Waals surface area contributed by atoms with Crippen LogP contribution in [-0.4, -0.2) is 33.9 Å². The van der Waals surface area contributed by atoms with E-state index in [-0.39, 0.29) is 5.91 Å². The molecular formula is C24H23N5O. The number of carbonyl (C=O) groups is 1. The van der Waals surface area contributed by atoms with Gasteiger partial charge in [0.05, 0.1) is 11.3 Å². The molecule has 1 fully saturated rings. The van der Waals surface area contributed by atoms with Gasteiger partial charge in [-0.2, -0.15) is 5.26 Å². The third-order valence-corrected chi connectivity index (χ3v) is 5.18. The van der Waals surface area contributed by atoms with Crippen LogP contribution in [0.3, 0.4) is 0 Å². The lowest BCUT2D eigenvalue weighted by Gasteiger charge is -2.20. The Labute approximate surface area is 176 Å². The summed E-state index contributed by atoms with van der Waals surface area (Å²) in [4.78, 5) is 24.3. The van der Waals surface area contributed by atoms with E-state index in [1.165, 1.54) is 0 Å². The Balaban J connectivity index is 1.73. The first-order valence-electron chi connectivity index (χ1n) is 10.2. The highest BCUT2D eigenvalue weighted by Crippen LogP contribution is 2.24. The number of nitriles is 1. The number of rotatable bonds is 4. The van der Waals surface area contributed by atoms with Gasteiger partial charge < -0.3 is 10.2 Å². The van der Waals surface area contributed by atoms with Crippen LogP contribution in [0.4, 0.5) is 11.5 Å². The number of anilines is 2. The van der Waals surface area contributed by atoms with E-state index in [0.717, 1.165) is 44.3 Å². The zero-order chi connectivity index (χ0) is 20.8. The topological polar surface area (TPSA) is 81.9 Å². The molecule has 0 unspecified atom stereocenters. The molecule has 6 heteroatoms. The van der Waals surface area contributed by atoms with E-state index in [1.54, 1.807) is 12.1 Å². The van der Waals surface area contributed by atoms with Gasteiger partial charge in [0.1, 0.15) is 17.6 Å². The summed E-state index contributed by atoms with van der Waals surface area (Å²) in [5.74, 6) is 0.894. The minimum absolute atomic E-state index is 0.0758. The average Bonchev–Trinajstić information content (AvgIpc) is 3.09. The molecular weight excluding hydrogens is 374 g/mol. The molecule has 0 spiro atoms. The van der Waals surface area contributed by atoms with E-state index in [4.69, 9.17) is 0 Å². The van der Waals surface area contributed by atoms with Gasteiger partial charge >= 0.3 is 0 Å². The molecule has 1 saturated heterocycles. The largest absolute Gasteiger partial charge is 0.339 e. The van der Waals surface area contributed by atoms with Crippen molar-refractivity contribution in [2.24, 2.45) is 0 Å². The van der Waals surface area contributed by atoms with Crippen molar-refractivity contribution in [3.63, 3.8) is 0 Å². The van der Waals surface area contributed by atoms with E-state index < -0.39 is 0 Å². The summed E-state index contributed by atoms with van der Waals surface area (Å²) >= 11 is 0. The van der Waals surface area contributed by atoms with Crippen molar-refractivity contribution in [3.8, 4) is 17.5 Å². The average molecular weight is 397 g/mol. The Morgan fingerprint density at radius 3 is 2.37 bits per heavy atom. The Morgan fingerprint density at radius 2 is 1.63 bits per heavy atom. The van der Waals surface area contributed by atoms with Gasteiger partial charge in [-0.25, -0.2) is 9.97 Å². The molecule has 1 aliphatic heterocycles. The van der Waals surface area contributed by atoms with Crippen molar-refractivity contribution in [2.45, 2.75) is 25.7 Å². The molecule has 0 radical (unpaired) electrons. The van der Waals surface area contributed by atoms with Crippen LogP contribution in [0.25, 0.3) is 11.4 Å². The zero-order valence-electron chi connectivity index (χ0n) is 16.7. The second kappa shape index (κ2) is 9.19. The number of benzene rings is 2. The van der Waals surface area contributed by atoms with Crippen LogP contribution in [0.1, 0.15) is 41.7 Å². The predicted molar refractivity (Wildman–Crippen MR) is 116 cm³/mol. The summed E-state index contributed by atoms with van der Waals surface area (Å²) in [6.07, 6.45) is 4.34. The number of nitrogens with one attached hydrogen (secondary N) is 1. The summed E-state index contributed by atoms with van der Waals surface area (Å²) in [5, 5.41) is 12.6. The second-order valence-corrected chi connectivity index (χ2v) is 7.32. The van der Waals surface area contributed by atoms with Gasteiger partial charge in [0.15, 0.2) is 5.82 Å². The first-order chi connectivity index (χ1) is 14.7. The number of aromatic nitrogens is 2. The third-order valence-electron chi connectivity index (χ3n) is 5.18. The highest BCUT2D eigenvalue weighted by molar-refractivity contribution is 5.93. The standard InChI is InChI=1S/C24H23N5O/c25-17-19-12-6-7-13-20(19)26-22-16-21(24(30)29-14-8-1-2-9-15-29)27-23(28-22)18-10-4-3-5-11-18/h3-7,10-13,16H,1-2,8-9,14-15H2,(H,26,27,28). The fourth-order valence-electron chi connectivity index (χ4n) is 3.60. The molecule has 0 bridgehead atoms. The molecule has 1 aromatic heterocycles. The van der Waals surface area contributed by atoms with E-state index in [1.807, 2.05) is 53.4 Å². The zero-order valence-corrected chi connectivity index (χ0v) is 16.7. The van der Waals surface area contributed by atoms with E-state index in [2.05, 4.69) is 21.4 Å². The summed E-state index contributed by atoms with van der Waals surface area (Å²) in [6, 6.07) is 20.7. The molecule has 1 amide bonds. The highest BCUT2D eigenvalue weighted by atomic mass is 16.2. The van der Waals surface area contributed by atoms with Gasteiger partial charge in [0.25, 0.3) is 5.91 Å². The quantitative estimate of drug-likeness (QED) is 0.685. The summed E-state index contributed by atoms with van der Waals surface area (Å²) in [5.41, 5.74) is 2.35. The molecule has 1 aliphatic rings. The fourth-order valence-corrected chi connectivity index (χ4v) is 3.60. The summed E-state index contributed by atoms with van der Waals surface area (Å²) in [6.45, 7) is 1.51. The normalized spacial score (nSPS) is 13.9. The lowest BCUT2D eigenvalue weighted by Crippen LogP contribution is -2.32. The third kappa shape index (κ3) is 4.47. The number of carbonyl (C=O) groups excluding carboxylic acids is 1. The van der Waals surface area contributed by atoms with Crippen LogP contribution in [0.15, 0.2) is 60.7 Å². The number of amides is 1. The maximum Gasteiger partial charge on any atom is 0.272 e. The molecule has 2 aromatic carbocycles. The number of hydrogen-bond donors (Lipinski definition) is 1. The SMILES string of the molecule is N#Cc1ccccc1Nc1cc(C(=O)N2CCCCCC2)nc(-c2ccccc2)n1. The Bertz CT molecular complexity index is 1070. The maximum absolute atomic E-state index is 13.2. The number of hydrogen-bond acceptors (Lipinski definition) is 5. The highest BCUT2D eigenvalue weighted by Gasteiger charge is 2.21. The summed E-state index contributed by atoms with van der Waals surface area (Å²) < 4.78 is 0. The molecule has 0 atom stereocenters. The van der Waals surface area contributed by atoms with E-state index in [9.17, 15) is 10.1 Å². The second-order valence-electron chi connectivity index (χ2n) is 7.32. The summed E-state index contributed by atoms with van der Waals surface area (Å²) in [7, 11) is 0. The van der Waals surface area contributed by atoms with Crippen LogP contribution in [0.5, 0.6) is 0 Å². The van der Waals surface area contributed by atoms with Crippen LogP contribution >= 0.6 is 0 Å².